The van der Waals surface area contributed by atoms with Gasteiger partial charge in [-0.25, -0.2) is 4.98 Å². The molecule has 0 aliphatic rings. The second-order valence-electron chi connectivity index (χ2n) is 3.46. The molecule has 0 saturated heterocycles. The van der Waals surface area contributed by atoms with Crippen LogP contribution in [-0.2, 0) is 0 Å². The molecule has 6 heteroatoms. The second-order valence-corrected chi connectivity index (χ2v) is 3.92. The number of fused-ring (bicyclic) bond motifs is 1. The minimum absolute atomic E-state index is 0.260. The highest BCUT2D eigenvalue weighted by molar-refractivity contribution is 9.09. The smallest absolute Gasteiger partial charge is 0.275 e. The van der Waals surface area contributed by atoms with E-state index in [-0.39, 0.29) is 5.91 Å². The van der Waals surface area contributed by atoms with Crippen LogP contribution in [0.2, 0.25) is 0 Å². The first-order chi connectivity index (χ1) is 8.19. The first-order valence-corrected chi connectivity index (χ1v) is 6.20. The third-order valence-corrected chi connectivity index (χ3v) is 2.66. The summed E-state index contributed by atoms with van der Waals surface area (Å²) in [4.78, 5) is 16.0. The summed E-state index contributed by atoms with van der Waals surface area (Å²) in [5.41, 5.74) is 2.25. The Labute approximate surface area is 107 Å². The van der Waals surface area contributed by atoms with Crippen molar-refractivity contribution in [1.29, 1.82) is 0 Å². The van der Waals surface area contributed by atoms with Crippen LogP contribution < -0.4 is 10.1 Å². The molecule has 1 amide bonds. The van der Waals surface area contributed by atoms with Gasteiger partial charge in [-0.15, -0.1) is 0 Å². The van der Waals surface area contributed by atoms with E-state index in [1.807, 2.05) is 29.5 Å². The highest BCUT2D eigenvalue weighted by Gasteiger charge is 2.20. The number of aromatic nitrogens is 2. The number of rotatable bonds is 3. The average molecular weight is 298 g/mol. The molecule has 0 saturated carbocycles. The van der Waals surface area contributed by atoms with Crippen molar-refractivity contribution in [3.8, 4) is 5.88 Å². The van der Waals surface area contributed by atoms with Crippen LogP contribution in [0.1, 0.15) is 16.2 Å². The quantitative estimate of drug-likeness (QED) is 0.878. The van der Waals surface area contributed by atoms with Crippen LogP contribution in [-0.4, -0.2) is 27.9 Å². The number of halogens is 1. The first-order valence-electron chi connectivity index (χ1n) is 5.08. The number of carbonyl (C=O) groups is 1. The number of aryl methyl sites for hydroxylation is 1. The third kappa shape index (κ3) is 2.00. The van der Waals surface area contributed by atoms with Crippen LogP contribution in [0.15, 0.2) is 18.2 Å². The van der Waals surface area contributed by atoms with Crippen molar-refractivity contribution in [3.05, 3.63) is 29.6 Å². The Morgan fingerprint density at radius 2 is 2.35 bits per heavy atom. The molecule has 0 aliphatic heterocycles. The molecule has 0 bridgehead atoms. The molecule has 0 aliphatic carbocycles. The topological polar surface area (TPSA) is 55.6 Å². The minimum atomic E-state index is -0.260. The van der Waals surface area contributed by atoms with Crippen molar-refractivity contribution in [1.82, 2.24) is 14.7 Å². The second kappa shape index (κ2) is 4.75. The van der Waals surface area contributed by atoms with Crippen molar-refractivity contribution in [3.63, 3.8) is 0 Å². The van der Waals surface area contributed by atoms with Crippen LogP contribution in [0.5, 0.6) is 5.88 Å². The molecular weight excluding hydrogens is 286 g/mol. The third-order valence-electron chi connectivity index (χ3n) is 2.43. The molecule has 2 aromatic rings. The molecule has 2 rings (SSSR count). The van der Waals surface area contributed by atoms with Crippen LogP contribution >= 0.6 is 15.9 Å². The first kappa shape index (κ1) is 11.9. The Morgan fingerprint density at radius 1 is 1.59 bits per heavy atom. The molecule has 0 radical (unpaired) electrons. The minimum Gasteiger partial charge on any atom is -0.465 e. The fourth-order valence-corrected chi connectivity index (χ4v) is 1.89. The van der Waals surface area contributed by atoms with E-state index in [4.69, 9.17) is 4.74 Å². The molecule has 0 fully saturated rings. The molecule has 1 N–H and O–H groups in total. The zero-order valence-corrected chi connectivity index (χ0v) is 11.1. The number of hydrogen-bond donors (Lipinski definition) is 1. The number of amides is 1. The summed E-state index contributed by atoms with van der Waals surface area (Å²) < 4.78 is 7.26. The Kier molecular flexibility index (Phi) is 3.33. The van der Waals surface area contributed by atoms with Gasteiger partial charge >= 0.3 is 0 Å². The molecule has 90 valence electrons. The number of nitrogens with one attached hydrogen (secondary N) is 1. The maximum Gasteiger partial charge on any atom is 0.275 e. The van der Waals surface area contributed by atoms with Gasteiger partial charge in [-0.2, -0.15) is 0 Å². The molecule has 0 spiro atoms. The Balaban J connectivity index is 2.71. The normalized spacial score (nSPS) is 10.5. The van der Waals surface area contributed by atoms with Gasteiger partial charge in [-0.05, 0) is 35.0 Å². The standard InChI is InChI=1S/C11H12BrN3O2/c1-7-4-3-5-8-14-9(10(16)13-2)11(15(7)8)17-6-12/h3-5H,6H2,1-2H3,(H,13,16). The van der Waals surface area contributed by atoms with E-state index in [2.05, 4.69) is 26.2 Å². The number of carbonyl (C=O) groups excluding carboxylic acids is 1. The summed E-state index contributed by atoms with van der Waals surface area (Å²) in [6, 6.07) is 5.66. The zero-order valence-electron chi connectivity index (χ0n) is 9.53. The van der Waals surface area contributed by atoms with Gasteiger partial charge < -0.3 is 10.1 Å². The van der Waals surface area contributed by atoms with Gasteiger partial charge in [0, 0.05) is 12.7 Å². The van der Waals surface area contributed by atoms with Crippen LogP contribution in [0.4, 0.5) is 0 Å². The maximum atomic E-state index is 11.7. The molecule has 0 unspecified atom stereocenters. The lowest BCUT2D eigenvalue weighted by Crippen LogP contribution is -2.19. The van der Waals surface area contributed by atoms with Crippen molar-refractivity contribution >= 4 is 27.5 Å². The number of pyridine rings is 1. The Hall–Kier alpha value is -1.56. The molecule has 17 heavy (non-hydrogen) atoms. The largest absolute Gasteiger partial charge is 0.465 e. The zero-order chi connectivity index (χ0) is 12.4. The van der Waals surface area contributed by atoms with Crippen LogP contribution in [0.25, 0.3) is 5.65 Å². The number of hydrogen-bond acceptors (Lipinski definition) is 3. The van der Waals surface area contributed by atoms with E-state index >= 15 is 0 Å². The van der Waals surface area contributed by atoms with E-state index < -0.39 is 0 Å². The predicted molar refractivity (Wildman–Crippen MR) is 67.7 cm³/mol. The summed E-state index contributed by atoms with van der Waals surface area (Å²) in [6.45, 7) is 1.93. The van der Waals surface area contributed by atoms with Crippen LogP contribution in [0, 0.1) is 6.92 Å². The van der Waals surface area contributed by atoms with Gasteiger partial charge in [0.2, 0.25) is 5.88 Å². The maximum absolute atomic E-state index is 11.7. The van der Waals surface area contributed by atoms with Gasteiger partial charge in [0.25, 0.3) is 5.91 Å². The molecule has 5 nitrogen and oxygen atoms in total. The fourth-order valence-electron chi connectivity index (χ4n) is 1.67. The predicted octanol–water partition coefficient (Wildman–Crippen LogP) is 1.73. The van der Waals surface area contributed by atoms with E-state index in [9.17, 15) is 4.79 Å². The molecular formula is C11H12BrN3O2. The van der Waals surface area contributed by atoms with Crippen molar-refractivity contribution in [2.45, 2.75) is 6.92 Å². The highest BCUT2D eigenvalue weighted by atomic mass is 79.9. The lowest BCUT2D eigenvalue weighted by Gasteiger charge is -2.06. The monoisotopic (exact) mass is 297 g/mol. The van der Waals surface area contributed by atoms with Gasteiger partial charge in [0.15, 0.2) is 5.69 Å². The molecule has 0 atom stereocenters. The average Bonchev–Trinajstić information content (AvgIpc) is 2.69. The lowest BCUT2D eigenvalue weighted by atomic mass is 10.3. The Bertz CT molecular complexity index is 565. The van der Waals surface area contributed by atoms with Gasteiger partial charge in [0.1, 0.15) is 11.2 Å². The van der Waals surface area contributed by atoms with Gasteiger partial charge in [0.05, 0.1) is 0 Å². The number of ether oxygens (including phenoxy) is 1. The number of alkyl halides is 1. The highest BCUT2D eigenvalue weighted by Crippen LogP contribution is 2.23. The number of imidazole rings is 1. The summed E-state index contributed by atoms with van der Waals surface area (Å²) in [5, 5.41) is 2.55. The number of nitrogens with zero attached hydrogens (tertiary/aromatic N) is 2. The van der Waals surface area contributed by atoms with Crippen molar-refractivity contribution in [2.24, 2.45) is 0 Å². The van der Waals surface area contributed by atoms with Gasteiger partial charge in [-0.1, -0.05) is 6.07 Å². The van der Waals surface area contributed by atoms with Crippen molar-refractivity contribution < 1.29 is 9.53 Å². The summed E-state index contributed by atoms with van der Waals surface area (Å²) in [6.07, 6.45) is 0. The van der Waals surface area contributed by atoms with E-state index in [0.29, 0.717) is 22.7 Å². The van der Waals surface area contributed by atoms with E-state index in [0.717, 1.165) is 5.69 Å². The molecule has 2 aromatic heterocycles. The Morgan fingerprint density at radius 3 is 3.00 bits per heavy atom. The van der Waals surface area contributed by atoms with Crippen LogP contribution in [0.3, 0.4) is 0 Å². The SMILES string of the molecule is CNC(=O)c1nc2cccc(C)n2c1OCBr. The van der Waals surface area contributed by atoms with E-state index in [1.165, 1.54) is 0 Å². The van der Waals surface area contributed by atoms with Crippen molar-refractivity contribution in [2.75, 3.05) is 12.6 Å². The summed E-state index contributed by atoms with van der Waals surface area (Å²) in [7, 11) is 1.57. The van der Waals surface area contributed by atoms with Gasteiger partial charge in [-0.3, -0.25) is 9.20 Å². The molecule has 2 heterocycles. The molecule has 0 aromatic carbocycles. The summed E-state index contributed by atoms with van der Waals surface area (Å²) in [5.74, 6) is 0.193. The van der Waals surface area contributed by atoms with E-state index in [1.54, 1.807) is 7.05 Å². The summed E-state index contributed by atoms with van der Waals surface area (Å²) >= 11 is 3.19. The lowest BCUT2D eigenvalue weighted by molar-refractivity contribution is 0.0955. The fraction of sp³-hybridized carbons (Fsp3) is 0.273.